The van der Waals surface area contributed by atoms with Gasteiger partial charge in [-0.25, -0.2) is 9.97 Å². The molecule has 0 saturated carbocycles. The molecule has 0 fully saturated rings. The molecule has 0 bridgehead atoms. The molecule has 3 aromatic rings. The number of nitrogens with one attached hydrogen (secondary N) is 2. The Kier molecular flexibility index (Phi) is 5.43. The topological polar surface area (TPSA) is 93.0 Å². The van der Waals surface area contributed by atoms with Crippen molar-refractivity contribution in [3.63, 3.8) is 0 Å². The van der Waals surface area contributed by atoms with E-state index in [1.165, 1.54) is 6.33 Å². The summed E-state index contributed by atoms with van der Waals surface area (Å²) in [5, 5.41) is 18.3. The normalized spacial score (nSPS) is 10.5. The molecule has 0 atom stereocenters. The zero-order valence-corrected chi connectivity index (χ0v) is 16.0. The van der Waals surface area contributed by atoms with Crippen LogP contribution >= 0.6 is 23.2 Å². The summed E-state index contributed by atoms with van der Waals surface area (Å²) in [5.74, 6) is 0.125. The Balaban J connectivity index is 1.97. The first-order valence-electron chi connectivity index (χ1n) is 7.91. The van der Waals surface area contributed by atoms with Crippen LogP contribution in [0, 0.1) is 24.0 Å². The fourth-order valence-corrected chi connectivity index (χ4v) is 2.70. The van der Waals surface area contributed by atoms with Crippen molar-refractivity contribution >= 4 is 51.9 Å². The van der Waals surface area contributed by atoms with Crippen molar-refractivity contribution in [2.75, 3.05) is 10.6 Å². The summed E-state index contributed by atoms with van der Waals surface area (Å²) in [4.78, 5) is 19.2. The molecule has 138 valence electrons. The zero-order valence-electron chi connectivity index (χ0n) is 14.5. The summed E-state index contributed by atoms with van der Waals surface area (Å²) in [7, 11) is 0. The van der Waals surface area contributed by atoms with Crippen molar-refractivity contribution in [1.29, 1.82) is 0 Å². The van der Waals surface area contributed by atoms with Gasteiger partial charge in [0.15, 0.2) is 0 Å². The summed E-state index contributed by atoms with van der Waals surface area (Å²) in [6.07, 6.45) is 1.25. The van der Waals surface area contributed by atoms with Gasteiger partial charge in [0.05, 0.1) is 15.0 Å². The maximum Gasteiger partial charge on any atom is 0.353 e. The maximum absolute atomic E-state index is 11.7. The quantitative estimate of drug-likeness (QED) is 0.413. The van der Waals surface area contributed by atoms with Gasteiger partial charge in [-0.05, 0) is 55.3 Å². The van der Waals surface area contributed by atoms with E-state index < -0.39 is 4.92 Å². The first kappa shape index (κ1) is 18.9. The third kappa shape index (κ3) is 4.27. The van der Waals surface area contributed by atoms with E-state index in [0.717, 1.165) is 11.1 Å². The highest BCUT2D eigenvalue weighted by atomic mass is 35.5. The molecule has 0 aliphatic rings. The van der Waals surface area contributed by atoms with Crippen LogP contribution in [0.15, 0.2) is 42.7 Å². The minimum absolute atomic E-state index is 0.0414. The van der Waals surface area contributed by atoms with Gasteiger partial charge in [-0.1, -0.05) is 29.3 Å². The largest absolute Gasteiger partial charge is 0.353 e. The summed E-state index contributed by atoms with van der Waals surface area (Å²) >= 11 is 11.9. The number of nitrogens with zero attached hydrogens (tertiary/aromatic N) is 3. The van der Waals surface area contributed by atoms with Gasteiger partial charge < -0.3 is 10.6 Å². The molecule has 0 unspecified atom stereocenters. The molecule has 1 aromatic heterocycles. The molecule has 0 spiro atoms. The molecule has 0 saturated heterocycles. The molecule has 0 aliphatic heterocycles. The smallest absolute Gasteiger partial charge is 0.334 e. The van der Waals surface area contributed by atoms with Crippen molar-refractivity contribution in [3.05, 3.63) is 74.0 Å². The Labute approximate surface area is 165 Å². The van der Waals surface area contributed by atoms with E-state index in [4.69, 9.17) is 23.2 Å². The SMILES string of the molecule is Cc1ccc(Nc2ncnc(Nc3ccc(Cl)c(Cl)c3)c2[N+](=O)[O-])cc1C. The number of nitro groups is 1. The summed E-state index contributed by atoms with van der Waals surface area (Å²) in [6, 6.07) is 10.5. The van der Waals surface area contributed by atoms with E-state index in [9.17, 15) is 10.1 Å². The number of hydrogen-bond donors (Lipinski definition) is 2. The number of anilines is 4. The van der Waals surface area contributed by atoms with Gasteiger partial charge in [0.1, 0.15) is 6.33 Å². The average molecular weight is 404 g/mol. The highest BCUT2D eigenvalue weighted by Gasteiger charge is 2.23. The van der Waals surface area contributed by atoms with Crippen LogP contribution in [0.5, 0.6) is 0 Å². The van der Waals surface area contributed by atoms with Gasteiger partial charge in [0.2, 0.25) is 11.6 Å². The Hall–Kier alpha value is -2.90. The highest BCUT2D eigenvalue weighted by Crippen LogP contribution is 2.34. The van der Waals surface area contributed by atoms with E-state index in [2.05, 4.69) is 20.6 Å². The average Bonchev–Trinajstić information content (AvgIpc) is 2.61. The van der Waals surface area contributed by atoms with E-state index in [1.54, 1.807) is 18.2 Å². The van der Waals surface area contributed by atoms with E-state index in [-0.39, 0.29) is 17.3 Å². The predicted octanol–water partition coefficient (Wildman–Crippen LogP) is 5.80. The van der Waals surface area contributed by atoms with Crippen molar-refractivity contribution in [2.24, 2.45) is 0 Å². The molecule has 0 amide bonds. The Morgan fingerprint density at radius 2 is 1.48 bits per heavy atom. The molecule has 0 radical (unpaired) electrons. The number of halogens is 2. The minimum Gasteiger partial charge on any atom is -0.334 e. The van der Waals surface area contributed by atoms with Crippen LogP contribution in [-0.2, 0) is 0 Å². The molecular formula is C18H15Cl2N5O2. The Bertz CT molecular complexity index is 955. The van der Waals surface area contributed by atoms with Crippen LogP contribution in [0.1, 0.15) is 11.1 Å². The van der Waals surface area contributed by atoms with Gasteiger partial charge in [0.25, 0.3) is 0 Å². The first-order valence-corrected chi connectivity index (χ1v) is 8.66. The summed E-state index contributed by atoms with van der Waals surface area (Å²) in [5.41, 5.74) is 3.12. The van der Waals surface area contributed by atoms with Crippen LogP contribution in [0.4, 0.5) is 28.7 Å². The fraction of sp³-hybridized carbons (Fsp3) is 0.111. The molecule has 7 nitrogen and oxygen atoms in total. The van der Waals surface area contributed by atoms with E-state index in [0.29, 0.717) is 21.4 Å². The van der Waals surface area contributed by atoms with Crippen LogP contribution in [0.25, 0.3) is 0 Å². The monoisotopic (exact) mass is 403 g/mol. The van der Waals surface area contributed by atoms with Gasteiger partial charge >= 0.3 is 5.69 Å². The van der Waals surface area contributed by atoms with Gasteiger partial charge in [0, 0.05) is 11.4 Å². The second-order valence-corrected chi connectivity index (χ2v) is 6.67. The molecule has 0 aliphatic carbocycles. The van der Waals surface area contributed by atoms with Crippen LogP contribution < -0.4 is 10.6 Å². The lowest BCUT2D eigenvalue weighted by atomic mass is 10.1. The number of aryl methyl sites for hydroxylation is 2. The van der Waals surface area contributed by atoms with Crippen molar-refractivity contribution < 1.29 is 4.92 Å². The van der Waals surface area contributed by atoms with Gasteiger partial charge in [-0.15, -0.1) is 0 Å². The molecule has 2 N–H and O–H groups in total. The second kappa shape index (κ2) is 7.77. The summed E-state index contributed by atoms with van der Waals surface area (Å²) in [6.45, 7) is 3.96. The molecule has 1 heterocycles. The Morgan fingerprint density at radius 3 is 2.04 bits per heavy atom. The van der Waals surface area contributed by atoms with E-state index in [1.807, 2.05) is 32.0 Å². The maximum atomic E-state index is 11.7. The van der Waals surface area contributed by atoms with Gasteiger partial charge in [-0.2, -0.15) is 0 Å². The third-order valence-corrected chi connectivity index (χ3v) is 4.70. The van der Waals surface area contributed by atoms with Crippen molar-refractivity contribution in [1.82, 2.24) is 9.97 Å². The number of rotatable bonds is 5. The van der Waals surface area contributed by atoms with Gasteiger partial charge in [-0.3, -0.25) is 10.1 Å². The van der Waals surface area contributed by atoms with Crippen LogP contribution in [0.2, 0.25) is 10.0 Å². The number of aromatic nitrogens is 2. The lowest BCUT2D eigenvalue weighted by molar-refractivity contribution is -0.383. The molecular weight excluding hydrogens is 389 g/mol. The van der Waals surface area contributed by atoms with Crippen molar-refractivity contribution in [2.45, 2.75) is 13.8 Å². The minimum atomic E-state index is -0.538. The lowest BCUT2D eigenvalue weighted by Gasteiger charge is -2.11. The molecule has 27 heavy (non-hydrogen) atoms. The summed E-state index contributed by atoms with van der Waals surface area (Å²) < 4.78 is 0. The number of hydrogen-bond acceptors (Lipinski definition) is 6. The lowest BCUT2D eigenvalue weighted by Crippen LogP contribution is -2.05. The zero-order chi connectivity index (χ0) is 19.6. The molecule has 3 rings (SSSR count). The van der Waals surface area contributed by atoms with Crippen LogP contribution in [0.3, 0.4) is 0 Å². The van der Waals surface area contributed by atoms with E-state index >= 15 is 0 Å². The predicted molar refractivity (Wildman–Crippen MR) is 108 cm³/mol. The standard InChI is InChI=1S/C18H15Cl2N5O2/c1-10-3-4-12(7-11(10)2)23-17-16(25(26)27)18(22-9-21-17)24-13-5-6-14(19)15(20)8-13/h3-9H,1-2H3,(H2,21,22,23,24). The van der Waals surface area contributed by atoms with Crippen LogP contribution in [-0.4, -0.2) is 14.9 Å². The number of benzene rings is 2. The second-order valence-electron chi connectivity index (χ2n) is 5.85. The Morgan fingerprint density at radius 1 is 0.889 bits per heavy atom. The molecule has 2 aromatic carbocycles. The third-order valence-electron chi connectivity index (χ3n) is 3.96. The first-order chi connectivity index (χ1) is 12.8. The fourth-order valence-electron chi connectivity index (χ4n) is 2.40. The van der Waals surface area contributed by atoms with Crippen molar-refractivity contribution in [3.8, 4) is 0 Å². The molecule has 9 heteroatoms. The highest BCUT2D eigenvalue weighted by molar-refractivity contribution is 6.42.